The number of amides is 2. The Morgan fingerprint density at radius 2 is 1.85 bits per heavy atom. The van der Waals surface area contributed by atoms with Crippen molar-refractivity contribution in [1.82, 2.24) is 10.1 Å². The van der Waals surface area contributed by atoms with E-state index in [1.165, 1.54) is 6.42 Å². The van der Waals surface area contributed by atoms with Crippen molar-refractivity contribution in [3.63, 3.8) is 0 Å². The van der Waals surface area contributed by atoms with Crippen LogP contribution >= 0.6 is 0 Å². The summed E-state index contributed by atoms with van der Waals surface area (Å²) in [5, 5.41) is 6.49. The summed E-state index contributed by atoms with van der Waals surface area (Å²) in [5.74, 6) is 0.645. The number of aryl methyl sites for hydroxylation is 2. The largest absolute Gasteiger partial charge is 0.360 e. The van der Waals surface area contributed by atoms with Crippen molar-refractivity contribution in [3.05, 3.63) is 47.2 Å². The van der Waals surface area contributed by atoms with Crippen molar-refractivity contribution < 1.29 is 14.1 Å². The van der Waals surface area contributed by atoms with E-state index in [0.29, 0.717) is 17.1 Å². The number of hydrogen-bond donors (Lipinski definition) is 1. The predicted octanol–water partition coefficient (Wildman–Crippen LogP) is 3.71. The lowest BCUT2D eigenvalue weighted by Crippen LogP contribution is -2.45. The highest BCUT2D eigenvalue weighted by molar-refractivity contribution is 5.99. The zero-order chi connectivity index (χ0) is 18.5. The second-order valence-electron chi connectivity index (χ2n) is 6.96. The number of nitrogens with one attached hydrogen (secondary N) is 1. The van der Waals surface area contributed by atoms with Gasteiger partial charge in [-0.15, -0.1) is 0 Å². The Kier molecular flexibility index (Phi) is 5.71. The van der Waals surface area contributed by atoms with E-state index < -0.39 is 0 Å². The molecule has 2 amide bonds. The van der Waals surface area contributed by atoms with Gasteiger partial charge in [-0.05, 0) is 38.8 Å². The van der Waals surface area contributed by atoms with Crippen molar-refractivity contribution in [3.8, 4) is 0 Å². The summed E-state index contributed by atoms with van der Waals surface area (Å²) >= 11 is 0. The van der Waals surface area contributed by atoms with E-state index in [2.05, 4.69) is 10.5 Å². The Hall–Kier alpha value is -2.63. The maximum atomic E-state index is 13.1. The van der Waals surface area contributed by atoms with Crippen LogP contribution in [-0.2, 0) is 4.79 Å². The van der Waals surface area contributed by atoms with Gasteiger partial charge in [-0.1, -0.05) is 42.1 Å². The van der Waals surface area contributed by atoms with Crippen LogP contribution < -0.4 is 5.32 Å². The molecule has 3 rings (SSSR count). The molecule has 0 unspecified atom stereocenters. The summed E-state index contributed by atoms with van der Waals surface area (Å²) in [7, 11) is 0. The molecular weight excluding hydrogens is 330 g/mol. The van der Waals surface area contributed by atoms with Gasteiger partial charge in [0.25, 0.3) is 5.91 Å². The number of hydrogen-bond acceptors (Lipinski definition) is 4. The highest BCUT2D eigenvalue weighted by Crippen LogP contribution is 2.24. The number of nitrogens with zero attached hydrogens (tertiary/aromatic N) is 2. The molecule has 6 heteroatoms. The first-order valence-electron chi connectivity index (χ1n) is 9.14. The molecular formula is C20H25N3O3. The van der Waals surface area contributed by atoms with Crippen LogP contribution in [0.4, 0.5) is 5.82 Å². The van der Waals surface area contributed by atoms with Gasteiger partial charge in [0.15, 0.2) is 5.82 Å². The molecule has 1 aliphatic carbocycles. The molecule has 1 N–H and O–H groups in total. The molecule has 0 aliphatic heterocycles. The highest BCUT2D eigenvalue weighted by Gasteiger charge is 2.28. The average Bonchev–Trinajstić information content (AvgIpc) is 3.05. The van der Waals surface area contributed by atoms with E-state index in [4.69, 9.17) is 4.52 Å². The third kappa shape index (κ3) is 4.50. The van der Waals surface area contributed by atoms with E-state index in [0.717, 1.165) is 31.2 Å². The summed E-state index contributed by atoms with van der Waals surface area (Å²) in [5.41, 5.74) is 1.72. The van der Waals surface area contributed by atoms with Crippen molar-refractivity contribution in [2.75, 3.05) is 11.9 Å². The SMILES string of the molecule is Cc1ccc(C(=O)N(CC(=O)Nc2cc(C)on2)C2CCCCC2)cc1. The maximum Gasteiger partial charge on any atom is 0.254 e. The molecule has 1 aromatic carbocycles. The minimum atomic E-state index is -0.260. The molecule has 1 aromatic heterocycles. The van der Waals surface area contributed by atoms with Crippen LogP contribution in [0.1, 0.15) is 53.8 Å². The minimum Gasteiger partial charge on any atom is -0.360 e. The van der Waals surface area contributed by atoms with E-state index in [9.17, 15) is 9.59 Å². The molecule has 1 fully saturated rings. The lowest BCUT2D eigenvalue weighted by atomic mass is 9.93. The fourth-order valence-corrected chi connectivity index (χ4v) is 3.38. The van der Waals surface area contributed by atoms with Crippen LogP contribution in [0.3, 0.4) is 0 Å². The topological polar surface area (TPSA) is 75.4 Å². The quantitative estimate of drug-likeness (QED) is 0.887. The molecule has 26 heavy (non-hydrogen) atoms. The third-order valence-electron chi connectivity index (χ3n) is 4.78. The highest BCUT2D eigenvalue weighted by atomic mass is 16.5. The Balaban J connectivity index is 1.75. The van der Waals surface area contributed by atoms with Crippen LogP contribution in [0.5, 0.6) is 0 Å². The van der Waals surface area contributed by atoms with Crippen molar-refractivity contribution in [2.45, 2.75) is 52.0 Å². The average molecular weight is 355 g/mol. The van der Waals surface area contributed by atoms with Gasteiger partial charge in [0.2, 0.25) is 5.91 Å². The summed E-state index contributed by atoms with van der Waals surface area (Å²) < 4.78 is 4.97. The summed E-state index contributed by atoms with van der Waals surface area (Å²) in [4.78, 5) is 27.3. The molecule has 0 spiro atoms. The lowest BCUT2D eigenvalue weighted by molar-refractivity contribution is -0.117. The predicted molar refractivity (Wildman–Crippen MR) is 99.0 cm³/mol. The van der Waals surface area contributed by atoms with Gasteiger partial charge in [-0.25, -0.2) is 0 Å². The first-order chi connectivity index (χ1) is 12.5. The molecule has 0 saturated heterocycles. The van der Waals surface area contributed by atoms with Gasteiger partial charge in [-0.2, -0.15) is 0 Å². The molecule has 6 nitrogen and oxygen atoms in total. The Morgan fingerprint density at radius 1 is 1.15 bits per heavy atom. The second-order valence-corrected chi connectivity index (χ2v) is 6.96. The summed E-state index contributed by atoms with van der Waals surface area (Å²) in [6, 6.07) is 9.25. The Labute approximate surface area is 153 Å². The van der Waals surface area contributed by atoms with E-state index in [1.54, 1.807) is 17.9 Å². The molecule has 1 aliphatic rings. The molecule has 1 heterocycles. The van der Waals surface area contributed by atoms with Crippen LogP contribution in [-0.4, -0.2) is 34.5 Å². The van der Waals surface area contributed by atoms with Gasteiger partial charge >= 0.3 is 0 Å². The fourth-order valence-electron chi connectivity index (χ4n) is 3.38. The van der Waals surface area contributed by atoms with Crippen LogP contribution in [0, 0.1) is 13.8 Å². The monoisotopic (exact) mass is 355 g/mol. The second kappa shape index (κ2) is 8.17. The zero-order valence-electron chi connectivity index (χ0n) is 15.3. The maximum absolute atomic E-state index is 13.1. The summed E-state index contributed by atoms with van der Waals surface area (Å²) in [6.07, 6.45) is 5.24. The smallest absolute Gasteiger partial charge is 0.254 e. The standard InChI is InChI=1S/C20H25N3O3/c1-14-8-10-16(11-9-14)20(25)23(17-6-4-3-5-7-17)13-19(24)21-18-12-15(2)26-22-18/h8-12,17H,3-7,13H2,1-2H3,(H,21,22,24). The van der Waals surface area contributed by atoms with E-state index >= 15 is 0 Å². The zero-order valence-corrected chi connectivity index (χ0v) is 15.3. The molecule has 2 aromatic rings. The number of carbonyl (C=O) groups is 2. The third-order valence-corrected chi connectivity index (χ3v) is 4.78. The van der Waals surface area contributed by atoms with E-state index in [-0.39, 0.29) is 24.4 Å². The normalized spacial score (nSPS) is 14.8. The Morgan fingerprint density at radius 3 is 2.46 bits per heavy atom. The van der Waals surface area contributed by atoms with E-state index in [1.807, 2.05) is 31.2 Å². The van der Waals surface area contributed by atoms with Gasteiger partial charge in [0.05, 0.1) is 0 Å². The van der Waals surface area contributed by atoms with Gasteiger partial charge in [0.1, 0.15) is 12.3 Å². The number of rotatable bonds is 5. The van der Waals surface area contributed by atoms with Gasteiger partial charge in [0, 0.05) is 17.7 Å². The van der Waals surface area contributed by atoms with Crippen LogP contribution in [0.15, 0.2) is 34.9 Å². The van der Waals surface area contributed by atoms with Crippen molar-refractivity contribution in [2.24, 2.45) is 0 Å². The fraction of sp³-hybridized carbons (Fsp3) is 0.450. The van der Waals surface area contributed by atoms with Crippen molar-refractivity contribution in [1.29, 1.82) is 0 Å². The first-order valence-corrected chi connectivity index (χ1v) is 9.14. The molecule has 1 saturated carbocycles. The van der Waals surface area contributed by atoms with Gasteiger partial charge in [-0.3, -0.25) is 9.59 Å². The molecule has 138 valence electrons. The number of benzene rings is 1. The first kappa shape index (κ1) is 18.2. The minimum absolute atomic E-state index is 0.0171. The Bertz CT molecular complexity index is 761. The van der Waals surface area contributed by atoms with Gasteiger partial charge < -0.3 is 14.7 Å². The number of carbonyl (C=O) groups excluding carboxylic acids is 2. The molecule has 0 radical (unpaired) electrons. The van der Waals surface area contributed by atoms with Crippen LogP contribution in [0.2, 0.25) is 0 Å². The summed E-state index contributed by atoms with van der Waals surface area (Å²) in [6.45, 7) is 3.77. The van der Waals surface area contributed by atoms with Crippen molar-refractivity contribution >= 4 is 17.6 Å². The number of aromatic nitrogens is 1. The number of anilines is 1. The lowest BCUT2D eigenvalue weighted by Gasteiger charge is -2.34. The molecule has 0 atom stereocenters. The molecule has 0 bridgehead atoms. The van der Waals surface area contributed by atoms with Crippen LogP contribution in [0.25, 0.3) is 0 Å².